The maximum absolute atomic E-state index is 13.1. The highest BCUT2D eigenvalue weighted by molar-refractivity contribution is 7.12. The van der Waals surface area contributed by atoms with Gasteiger partial charge in [-0.3, -0.25) is 9.59 Å². The van der Waals surface area contributed by atoms with Crippen LogP contribution in [0.5, 0.6) is 0 Å². The number of ketones is 1. The largest absolute Gasteiger partial charge is 0.503 e. The van der Waals surface area contributed by atoms with E-state index in [-0.39, 0.29) is 17.9 Å². The SMILES string of the molecule is CCc1ccc(C2C(C(=O)c3cccs3)=C(O)C(=O)N2Cc2ccco2)cc1. The first-order chi connectivity index (χ1) is 13.6. The minimum Gasteiger partial charge on any atom is -0.503 e. The van der Waals surface area contributed by atoms with Crippen molar-refractivity contribution in [1.82, 2.24) is 4.90 Å². The van der Waals surface area contributed by atoms with Gasteiger partial charge in [-0.15, -0.1) is 11.3 Å². The molecule has 2 aromatic heterocycles. The molecule has 1 N–H and O–H groups in total. The monoisotopic (exact) mass is 393 g/mol. The van der Waals surface area contributed by atoms with Gasteiger partial charge in [-0.2, -0.15) is 0 Å². The molecule has 0 radical (unpaired) electrons. The molecule has 1 unspecified atom stereocenters. The standard InChI is InChI=1S/C22H19NO4S/c1-2-14-7-9-15(10-8-14)19-18(20(24)17-6-4-12-28-17)21(25)22(26)23(19)13-16-5-3-11-27-16/h3-12,19,25H,2,13H2,1H3. The molecule has 0 aliphatic carbocycles. The zero-order valence-electron chi connectivity index (χ0n) is 15.3. The molecule has 0 saturated heterocycles. The molecule has 0 saturated carbocycles. The van der Waals surface area contributed by atoms with Crippen molar-refractivity contribution in [2.24, 2.45) is 0 Å². The number of nitrogens with zero attached hydrogens (tertiary/aromatic N) is 1. The molecular formula is C22H19NO4S. The average molecular weight is 393 g/mol. The number of carbonyl (C=O) groups is 2. The van der Waals surface area contributed by atoms with Crippen LogP contribution in [-0.4, -0.2) is 21.7 Å². The van der Waals surface area contributed by atoms with Gasteiger partial charge in [0.1, 0.15) is 5.76 Å². The summed E-state index contributed by atoms with van der Waals surface area (Å²) < 4.78 is 5.39. The molecule has 0 spiro atoms. The summed E-state index contributed by atoms with van der Waals surface area (Å²) in [5.74, 6) is -0.802. The second-order valence-electron chi connectivity index (χ2n) is 6.58. The highest BCUT2D eigenvalue weighted by atomic mass is 32.1. The molecule has 3 aromatic rings. The minimum absolute atomic E-state index is 0.114. The first kappa shape index (κ1) is 18.3. The Bertz CT molecular complexity index is 1020. The first-order valence-electron chi connectivity index (χ1n) is 9.03. The van der Waals surface area contributed by atoms with E-state index in [0.717, 1.165) is 17.5 Å². The van der Waals surface area contributed by atoms with Gasteiger partial charge in [-0.05, 0) is 41.1 Å². The third-order valence-electron chi connectivity index (χ3n) is 4.90. The van der Waals surface area contributed by atoms with E-state index < -0.39 is 17.7 Å². The van der Waals surface area contributed by atoms with Crippen LogP contribution in [-0.2, 0) is 17.8 Å². The van der Waals surface area contributed by atoms with E-state index in [9.17, 15) is 14.7 Å². The van der Waals surface area contributed by atoms with Crippen molar-refractivity contribution in [3.8, 4) is 0 Å². The topological polar surface area (TPSA) is 70.8 Å². The number of Topliss-reactive ketones (excluding diaryl/α,β-unsaturated/α-hetero) is 1. The van der Waals surface area contributed by atoms with E-state index in [4.69, 9.17) is 4.42 Å². The second-order valence-corrected chi connectivity index (χ2v) is 7.53. The third-order valence-corrected chi connectivity index (χ3v) is 5.77. The zero-order valence-corrected chi connectivity index (χ0v) is 16.1. The van der Waals surface area contributed by atoms with Crippen molar-refractivity contribution < 1.29 is 19.1 Å². The van der Waals surface area contributed by atoms with Crippen molar-refractivity contribution in [2.45, 2.75) is 25.9 Å². The number of rotatable bonds is 6. The normalized spacial score (nSPS) is 16.8. The number of benzene rings is 1. The molecule has 4 rings (SSSR count). The number of carbonyl (C=O) groups excluding carboxylic acids is 2. The van der Waals surface area contributed by atoms with Gasteiger partial charge in [0.15, 0.2) is 5.76 Å². The molecule has 0 fully saturated rings. The van der Waals surface area contributed by atoms with E-state index in [1.807, 2.05) is 24.3 Å². The molecule has 1 amide bonds. The van der Waals surface area contributed by atoms with Crippen LogP contribution >= 0.6 is 11.3 Å². The number of aliphatic hydroxyl groups excluding tert-OH is 1. The van der Waals surface area contributed by atoms with Gasteiger partial charge in [0.25, 0.3) is 5.91 Å². The summed E-state index contributed by atoms with van der Waals surface area (Å²) in [5, 5.41) is 12.4. The molecule has 1 aliphatic rings. The highest BCUT2D eigenvalue weighted by Crippen LogP contribution is 2.40. The van der Waals surface area contributed by atoms with Crippen LogP contribution in [0.2, 0.25) is 0 Å². The number of aryl methyl sites for hydroxylation is 1. The number of furan rings is 1. The predicted octanol–water partition coefficient (Wildman–Crippen LogP) is 4.68. The van der Waals surface area contributed by atoms with Gasteiger partial charge >= 0.3 is 0 Å². The molecule has 28 heavy (non-hydrogen) atoms. The van der Waals surface area contributed by atoms with Crippen molar-refractivity contribution in [3.05, 3.63) is 93.3 Å². The second kappa shape index (κ2) is 7.48. The Balaban J connectivity index is 1.79. The van der Waals surface area contributed by atoms with E-state index in [1.54, 1.807) is 29.6 Å². The molecule has 1 aliphatic heterocycles. The molecule has 3 heterocycles. The Morgan fingerprint density at radius 2 is 1.96 bits per heavy atom. The van der Waals surface area contributed by atoms with Crippen LogP contribution in [0.15, 0.2) is 75.9 Å². The zero-order chi connectivity index (χ0) is 19.7. The minimum atomic E-state index is -0.668. The van der Waals surface area contributed by atoms with Crippen LogP contribution < -0.4 is 0 Å². The van der Waals surface area contributed by atoms with E-state index in [0.29, 0.717) is 10.6 Å². The number of hydrogen-bond donors (Lipinski definition) is 1. The van der Waals surface area contributed by atoms with Crippen molar-refractivity contribution in [3.63, 3.8) is 0 Å². The molecule has 142 valence electrons. The van der Waals surface area contributed by atoms with E-state index in [2.05, 4.69) is 6.92 Å². The molecule has 0 bridgehead atoms. The van der Waals surface area contributed by atoms with Crippen LogP contribution in [0.4, 0.5) is 0 Å². The first-order valence-corrected chi connectivity index (χ1v) is 9.91. The maximum atomic E-state index is 13.1. The Labute approximate surface area is 166 Å². The average Bonchev–Trinajstić information content (AvgIpc) is 3.46. The fourth-order valence-corrected chi connectivity index (χ4v) is 4.12. The van der Waals surface area contributed by atoms with Gasteiger partial charge in [-0.25, -0.2) is 0 Å². The van der Waals surface area contributed by atoms with Crippen LogP contribution in [0.25, 0.3) is 0 Å². The highest BCUT2D eigenvalue weighted by Gasteiger charge is 2.44. The van der Waals surface area contributed by atoms with Gasteiger partial charge in [0.05, 0.1) is 29.3 Å². The third kappa shape index (κ3) is 3.16. The number of hydrogen-bond acceptors (Lipinski definition) is 5. The van der Waals surface area contributed by atoms with Crippen molar-refractivity contribution in [2.75, 3.05) is 0 Å². The Morgan fingerprint density at radius 3 is 2.57 bits per heavy atom. The van der Waals surface area contributed by atoms with Gasteiger partial charge in [-0.1, -0.05) is 37.3 Å². The van der Waals surface area contributed by atoms with Gasteiger partial charge < -0.3 is 14.4 Å². The summed E-state index contributed by atoms with van der Waals surface area (Å²) in [4.78, 5) is 27.9. The number of amides is 1. The Hall–Kier alpha value is -3.12. The predicted molar refractivity (Wildman–Crippen MR) is 106 cm³/mol. The maximum Gasteiger partial charge on any atom is 0.290 e. The Kier molecular flexibility index (Phi) is 4.88. The van der Waals surface area contributed by atoms with Crippen LogP contribution in [0.3, 0.4) is 0 Å². The summed E-state index contributed by atoms with van der Waals surface area (Å²) >= 11 is 1.29. The van der Waals surface area contributed by atoms with Crippen LogP contribution in [0.1, 0.15) is 39.5 Å². The summed E-state index contributed by atoms with van der Waals surface area (Å²) in [6.07, 6.45) is 2.42. The van der Waals surface area contributed by atoms with Gasteiger partial charge in [0.2, 0.25) is 5.78 Å². The fraction of sp³-hybridized carbons (Fsp3) is 0.182. The summed E-state index contributed by atoms with van der Waals surface area (Å²) in [5.41, 5.74) is 2.05. The molecule has 1 aromatic carbocycles. The van der Waals surface area contributed by atoms with Crippen LogP contribution in [0, 0.1) is 0 Å². The number of aliphatic hydroxyl groups is 1. The smallest absolute Gasteiger partial charge is 0.290 e. The summed E-state index contributed by atoms with van der Waals surface area (Å²) in [7, 11) is 0. The molecule has 5 nitrogen and oxygen atoms in total. The lowest BCUT2D eigenvalue weighted by Gasteiger charge is -2.26. The fourth-order valence-electron chi connectivity index (χ4n) is 3.44. The molecule has 1 atom stereocenters. The lowest BCUT2D eigenvalue weighted by Crippen LogP contribution is -2.30. The summed E-state index contributed by atoms with van der Waals surface area (Å²) in [6, 6.07) is 14.1. The quantitative estimate of drug-likeness (QED) is 0.617. The van der Waals surface area contributed by atoms with E-state index in [1.165, 1.54) is 22.5 Å². The Morgan fingerprint density at radius 1 is 1.18 bits per heavy atom. The molecule has 6 heteroatoms. The van der Waals surface area contributed by atoms with Crippen molar-refractivity contribution in [1.29, 1.82) is 0 Å². The number of thiophene rings is 1. The lowest BCUT2D eigenvalue weighted by molar-refractivity contribution is -0.130. The van der Waals surface area contributed by atoms with Crippen molar-refractivity contribution >= 4 is 23.0 Å². The van der Waals surface area contributed by atoms with E-state index >= 15 is 0 Å². The summed E-state index contributed by atoms with van der Waals surface area (Å²) in [6.45, 7) is 2.23. The lowest BCUT2D eigenvalue weighted by atomic mass is 9.94. The molecular weight excluding hydrogens is 374 g/mol. The van der Waals surface area contributed by atoms with Gasteiger partial charge in [0, 0.05) is 0 Å².